The van der Waals surface area contributed by atoms with Gasteiger partial charge in [0, 0.05) is 4.47 Å². The highest BCUT2D eigenvalue weighted by Crippen LogP contribution is 2.21. The van der Waals surface area contributed by atoms with Crippen molar-refractivity contribution in [1.29, 1.82) is 0 Å². The highest BCUT2D eigenvalue weighted by molar-refractivity contribution is 9.10. The fourth-order valence-corrected chi connectivity index (χ4v) is 2.04. The van der Waals surface area contributed by atoms with Crippen molar-refractivity contribution in [2.24, 2.45) is 0 Å². The van der Waals surface area contributed by atoms with Crippen LogP contribution in [0.4, 0.5) is 0 Å². The lowest BCUT2D eigenvalue weighted by molar-refractivity contribution is 0.426. The lowest BCUT2D eigenvalue weighted by atomic mass is 9.75. The van der Waals surface area contributed by atoms with Gasteiger partial charge < -0.3 is 10.0 Å². The topological polar surface area (TPSA) is 40.5 Å². The Bertz CT molecular complexity index is 500. The first-order valence-corrected chi connectivity index (χ1v) is 5.69. The van der Waals surface area contributed by atoms with E-state index < -0.39 is 7.12 Å². The smallest absolute Gasteiger partial charge is 0.423 e. The Morgan fingerprint density at radius 3 is 2.38 bits per heavy atom. The Morgan fingerprint density at radius 1 is 0.938 bits per heavy atom. The summed E-state index contributed by atoms with van der Waals surface area (Å²) < 4.78 is 0.965. The predicted molar refractivity (Wildman–Crippen MR) is 69.4 cm³/mol. The third kappa shape index (κ3) is 2.35. The standard InChI is InChI=1S/C12H10BBrO2/c14-10-5-3-4-9(8-10)11-6-1-2-7-12(11)13(15)16/h1-8,15-16H. The van der Waals surface area contributed by atoms with Crippen molar-refractivity contribution >= 4 is 28.5 Å². The lowest BCUT2D eigenvalue weighted by Crippen LogP contribution is -2.31. The maximum Gasteiger partial charge on any atom is 0.489 e. The molecule has 0 aliphatic rings. The Balaban J connectivity index is 2.55. The van der Waals surface area contributed by atoms with E-state index in [1.165, 1.54) is 0 Å². The molecule has 2 N–H and O–H groups in total. The number of hydrogen-bond donors (Lipinski definition) is 2. The van der Waals surface area contributed by atoms with Crippen LogP contribution in [0.5, 0.6) is 0 Å². The van der Waals surface area contributed by atoms with Gasteiger partial charge in [0.25, 0.3) is 0 Å². The highest BCUT2D eigenvalue weighted by Gasteiger charge is 2.15. The van der Waals surface area contributed by atoms with Crippen molar-refractivity contribution < 1.29 is 10.0 Å². The Hall–Kier alpha value is -1.10. The summed E-state index contributed by atoms with van der Waals surface area (Å²) in [5.41, 5.74) is 2.30. The predicted octanol–water partition coefficient (Wildman–Crippen LogP) is 1.80. The summed E-state index contributed by atoms with van der Waals surface area (Å²) in [7, 11) is -1.45. The van der Waals surface area contributed by atoms with Gasteiger partial charge in [-0.15, -0.1) is 0 Å². The maximum absolute atomic E-state index is 9.28. The minimum Gasteiger partial charge on any atom is -0.423 e. The average Bonchev–Trinajstić information content (AvgIpc) is 2.29. The highest BCUT2D eigenvalue weighted by atomic mass is 79.9. The van der Waals surface area contributed by atoms with Gasteiger partial charge in [0.15, 0.2) is 0 Å². The molecular formula is C12H10BBrO2. The van der Waals surface area contributed by atoms with Crippen LogP contribution < -0.4 is 5.46 Å². The Kier molecular flexibility index (Phi) is 3.44. The largest absolute Gasteiger partial charge is 0.489 e. The first-order chi connectivity index (χ1) is 7.68. The van der Waals surface area contributed by atoms with Crippen LogP contribution in [0.3, 0.4) is 0 Å². The zero-order valence-electron chi connectivity index (χ0n) is 8.47. The number of benzene rings is 2. The van der Waals surface area contributed by atoms with Gasteiger partial charge in [-0.1, -0.05) is 52.3 Å². The summed E-state index contributed by atoms with van der Waals surface area (Å²) in [6.07, 6.45) is 0. The van der Waals surface area contributed by atoms with Crippen LogP contribution >= 0.6 is 15.9 Å². The molecule has 0 amide bonds. The Morgan fingerprint density at radius 2 is 1.69 bits per heavy atom. The molecule has 0 saturated carbocycles. The summed E-state index contributed by atoms with van der Waals surface area (Å²) in [6, 6.07) is 15.0. The van der Waals surface area contributed by atoms with Crippen LogP contribution in [0.1, 0.15) is 0 Å². The molecule has 0 bridgehead atoms. The van der Waals surface area contributed by atoms with E-state index in [1.54, 1.807) is 12.1 Å². The molecule has 0 radical (unpaired) electrons. The van der Waals surface area contributed by atoms with E-state index in [-0.39, 0.29) is 0 Å². The molecule has 0 unspecified atom stereocenters. The van der Waals surface area contributed by atoms with Gasteiger partial charge in [0.2, 0.25) is 0 Å². The molecule has 0 fully saturated rings. The lowest BCUT2D eigenvalue weighted by Gasteiger charge is -2.08. The van der Waals surface area contributed by atoms with Crippen molar-refractivity contribution in [3.8, 4) is 11.1 Å². The third-order valence-electron chi connectivity index (χ3n) is 2.37. The zero-order valence-corrected chi connectivity index (χ0v) is 10.1. The van der Waals surface area contributed by atoms with Crippen molar-refractivity contribution in [3.63, 3.8) is 0 Å². The molecule has 2 rings (SSSR count). The zero-order chi connectivity index (χ0) is 11.5. The summed E-state index contributed by atoms with van der Waals surface area (Å²) >= 11 is 3.40. The second kappa shape index (κ2) is 4.83. The van der Waals surface area contributed by atoms with Gasteiger partial charge in [-0.2, -0.15) is 0 Å². The van der Waals surface area contributed by atoms with Crippen LogP contribution in [-0.4, -0.2) is 17.2 Å². The number of rotatable bonds is 2. The average molecular weight is 277 g/mol. The van der Waals surface area contributed by atoms with Gasteiger partial charge >= 0.3 is 7.12 Å². The molecule has 0 aromatic heterocycles. The van der Waals surface area contributed by atoms with E-state index in [2.05, 4.69) is 15.9 Å². The van der Waals surface area contributed by atoms with Crippen molar-refractivity contribution in [2.75, 3.05) is 0 Å². The van der Waals surface area contributed by atoms with E-state index in [1.807, 2.05) is 36.4 Å². The number of halogens is 1. The SMILES string of the molecule is OB(O)c1ccccc1-c1cccc(Br)c1. The van der Waals surface area contributed by atoms with Crippen LogP contribution in [0.25, 0.3) is 11.1 Å². The van der Waals surface area contributed by atoms with Gasteiger partial charge in [-0.05, 0) is 28.7 Å². The van der Waals surface area contributed by atoms with E-state index in [4.69, 9.17) is 0 Å². The number of hydrogen-bond acceptors (Lipinski definition) is 2. The van der Waals surface area contributed by atoms with Crippen LogP contribution in [-0.2, 0) is 0 Å². The van der Waals surface area contributed by atoms with Gasteiger partial charge in [0.1, 0.15) is 0 Å². The first kappa shape index (κ1) is 11.4. The normalized spacial score (nSPS) is 10.2. The summed E-state index contributed by atoms with van der Waals surface area (Å²) in [4.78, 5) is 0. The van der Waals surface area contributed by atoms with Crippen LogP contribution in [0.15, 0.2) is 53.0 Å². The summed E-state index contributed by atoms with van der Waals surface area (Å²) in [6.45, 7) is 0. The van der Waals surface area contributed by atoms with Gasteiger partial charge in [0.05, 0.1) is 0 Å². The molecule has 80 valence electrons. The molecule has 0 aliphatic carbocycles. The van der Waals surface area contributed by atoms with Crippen LogP contribution in [0, 0.1) is 0 Å². The molecule has 0 heterocycles. The van der Waals surface area contributed by atoms with E-state index in [0.29, 0.717) is 5.46 Å². The van der Waals surface area contributed by atoms with Crippen molar-refractivity contribution in [1.82, 2.24) is 0 Å². The maximum atomic E-state index is 9.28. The molecule has 0 spiro atoms. The molecule has 0 saturated heterocycles. The third-order valence-corrected chi connectivity index (χ3v) is 2.87. The fourth-order valence-electron chi connectivity index (χ4n) is 1.64. The van der Waals surface area contributed by atoms with Crippen molar-refractivity contribution in [2.45, 2.75) is 0 Å². The minimum atomic E-state index is -1.45. The van der Waals surface area contributed by atoms with Gasteiger partial charge in [-0.3, -0.25) is 0 Å². The fraction of sp³-hybridized carbons (Fsp3) is 0. The molecule has 2 nitrogen and oxygen atoms in total. The molecule has 4 heteroatoms. The monoisotopic (exact) mass is 276 g/mol. The van der Waals surface area contributed by atoms with E-state index in [0.717, 1.165) is 15.6 Å². The summed E-state index contributed by atoms with van der Waals surface area (Å²) in [5, 5.41) is 18.6. The molecule has 0 atom stereocenters. The van der Waals surface area contributed by atoms with Crippen LogP contribution in [0.2, 0.25) is 0 Å². The second-order valence-corrected chi connectivity index (χ2v) is 4.39. The minimum absolute atomic E-state index is 0.514. The Labute approximate surface area is 103 Å². The molecule has 16 heavy (non-hydrogen) atoms. The molecule has 0 aliphatic heterocycles. The quantitative estimate of drug-likeness (QED) is 0.822. The first-order valence-electron chi connectivity index (χ1n) is 4.89. The van der Waals surface area contributed by atoms with Crippen molar-refractivity contribution in [3.05, 3.63) is 53.0 Å². The second-order valence-electron chi connectivity index (χ2n) is 3.47. The molecule has 2 aromatic carbocycles. The summed E-state index contributed by atoms with van der Waals surface area (Å²) in [5.74, 6) is 0. The van der Waals surface area contributed by atoms with E-state index in [9.17, 15) is 10.0 Å². The molecular weight excluding hydrogens is 267 g/mol. The van der Waals surface area contributed by atoms with Gasteiger partial charge in [-0.25, -0.2) is 0 Å². The molecule has 2 aromatic rings. The van der Waals surface area contributed by atoms with E-state index >= 15 is 0 Å².